The van der Waals surface area contributed by atoms with E-state index in [1.165, 1.54) is 0 Å². The maximum absolute atomic E-state index is 12.0. The summed E-state index contributed by atoms with van der Waals surface area (Å²) in [4.78, 5) is 22.6. The molecule has 118 valence electrons. The minimum atomic E-state index is 0.0707. The fraction of sp³-hybridized carbons (Fsp3) is 0.600. The van der Waals surface area contributed by atoms with Gasteiger partial charge in [0.15, 0.2) is 5.65 Å². The molecule has 0 atom stereocenters. The summed E-state index contributed by atoms with van der Waals surface area (Å²) < 4.78 is 1.74. The van der Waals surface area contributed by atoms with Crippen LogP contribution in [0.1, 0.15) is 26.7 Å². The molecule has 1 N–H and O–H groups in total. The lowest BCUT2D eigenvalue weighted by atomic mass is 10.0. The van der Waals surface area contributed by atoms with E-state index in [9.17, 15) is 4.79 Å². The van der Waals surface area contributed by atoms with Crippen molar-refractivity contribution in [1.29, 1.82) is 0 Å². The molecule has 1 saturated heterocycles. The van der Waals surface area contributed by atoms with Crippen molar-refractivity contribution < 1.29 is 4.79 Å². The zero-order valence-corrected chi connectivity index (χ0v) is 13.3. The lowest BCUT2D eigenvalue weighted by Crippen LogP contribution is -2.44. The average Bonchev–Trinajstić information content (AvgIpc) is 2.90. The summed E-state index contributed by atoms with van der Waals surface area (Å²) >= 11 is 0. The van der Waals surface area contributed by atoms with Crippen LogP contribution in [-0.2, 0) is 11.8 Å². The molecule has 0 saturated carbocycles. The summed E-state index contributed by atoms with van der Waals surface area (Å²) in [7, 11) is 1.87. The maximum atomic E-state index is 12.0. The number of fused-ring (bicyclic) bond motifs is 1. The molecule has 0 aliphatic carbocycles. The van der Waals surface area contributed by atoms with E-state index in [1.807, 2.05) is 25.8 Å². The van der Waals surface area contributed by atoms with Crippen LogP contribution in [0.3, 0.4) is 0 Å². The summed E-state index contributed by atoms with van der Waals surface area (Å²) in [6.45, 7) is 5.51. The topological polar surface area (TPSA) is 75.9 Å². The van der Waals surface area contributed by atoms with E-state index >= 15 is 0 Å². The molecule has 0 radical (unpaired) electrons. The largest absolute Gasteiger partial charge is 0.366 e. The number of aromatic nitrogens is 4. The van der Waals surface area contributed by atoms with Crippen LogP contribution in [0.15, 0.2) is 12.5 Å². The third kappa shape index (κ3) is 2.75. The summed E-state index contributed by atoms with van der Waals surface area (Å²) in [6, 6.07) is 0.328. The van der Waals surface area contributed by atoms with Gasteiger partial charge in [-0.05, 0) is 12.8 Å². The Morgan fingerprint density at radius 1 is 1.32 bits per heavy atom. The average molecular weight is 302 g/mol. The van der Waals surface area contributed by atoms with E-state index in [0.717, 1.165) is 42.8 Å². The van der Waals surface area contributed by atoms with Gasteiger partial charge in [-0.15, -0.1) is 0 Å². The van der Waals surface area contributed by atoms with Crippen molar-refractivity contribution in [2.45, 2.75) is 32.7 Å². The number of amides is 1. The summed E-state index contributed by atoms with van der Waals surface area (Å²) in [5, 5.41) is 8.64. The van der Waals surface area contributed by atoms with Crippen molar-refractivity contribution >= 4 is 22.8 Å². The van der Waals surface area contributed by atoms with Crippen molar-refractivity contribution in [3.8, 4) is 0 Å². The first kappa shape index (κ1) is 14.7. The molecule has 3 heterocycles. The molecule has 1 aliphatic heterocycles. The smallest absolute Gasteiger partial charge is 0.225 e. The molecule has 1 fully saturated rings. The van der Waals surface area contributed by atoms with Crippen molar-refractivity contribution in [3.05, 3.63) is 12.5 Å². The molecular formula is C15H22N6O. The van der Waals surface area contributed by atoms with E-state index in [-0.39, 0.29) is 11.8 Å². The lowest BCUT2D eigenvalue weighted by molar-refractivity contribution is -0.135. The van der Waals surface area contributed by atoms with Crippen LogP contribution >= 0.6 is 0 Å². The van der Waals surface area contributed by atoms with Gasteiger partial charge in [0.25, 0.3) is 0 Å². The summed E-state index contributed by atoms with van der Waals surface area (Å²) in [6.07, 6.45) is 5.22. The van der Waals surface area contributed by atoms with Crippen LogP contribution in [0.2, 0.25) is 0 Å². The van der Waals surface area contributed by atoms with Gasteiger partial charge in [0.05, 0.1) is 11.6 Å². The number of carbonyl (C=O) groups excluding carboxylic acids is 1. The molecular weight excluding hydrogens is 280 g/mol. The van der Waals surface area contributed by atoms with Crippen LogP contribution in [0.25, 0.3) is 11.0 Å². The van der Waals surface area contributed by atoms with Crippen molar-refractivity contribution in [2.75, 3.05) is 18.4 Å². The predicted molar refractivity (Wildman–Crippen MR) is 84.4 cm³/mol. The Bertz CT molecular complexity index is 672. The predicted octanol–water partition coefficient (Wildman–Crippen LogP) is 1.42. The van der Waals surface area contributed by atoms with Crippen LogP contribution in [0.5, 0.6) is 0 Å². The van der Waals surface area contributed by atoms with Gasteiger partial charge in [0, 0.05) is 32.1 Å². The van der Waals surface area contributed by atoms with Crippen LogP contribution in [-0.4, -0.2) is 49.7 Å². The highest BCUT2D eigenvalue weighted by Gasteiger charge is 2.24. The number of carbonyl (C=O) groups is 1. The van der Waals surface area contributed by atoms with Gasteiger partial charge < -0.3 is 10.2 Å². The molecule has 0 unspecified atom stereocenters. The molecule has 3 rings (SSSR count). The quantitative estimate of drug-likeness (QED) is 0.928. The van der Waals surface area contributed by atoms with Crippen molar-refractivity contribution in [1.82, 2.24) is 24.6 Å². The van der Waals surface area contributed by atoms with E-state index in [4.69, 9.17) is 0 Å². The highest BCUT2D eigenvalue weighted by Crippen LogP contribution is 2.22. The number of hydrogen-bond acceptors (Lipinski definition) is 5. The molecule has 2 aromatic heterocycles. The molecule has 2 aromatic rings. The number of anilines is 1. The van der Waals surface area contributed by atoms with Gasteiger partial charge >= 0.3 is 0 Å². The standard InChI is InChI=1S/C15H22N6O/c1-10(2)15(22)21-6-4-11(5-7-21)19-13-12-8-18-20(3)14(12)17-9-16-13/h8-11H,4-7H2,1-3H3,(H,16,17,19). The molecule has 0 bridgehead atoms. The Balaban J connectivity index is 1.66. The second kappa shape index (κ2) is 5.90. The van der Waals surface area contributed by atoms with Gasteiger partial charge in [-0.3, -0.25) is 9.48 Å². The third-order valence-corrected chi connectivity index (χ3v) is 4.17. The molecule has 0 aromatic carbocycles. The second-order valence-corrected chi connectivity index (χ2v) is 6.13. The Morgan fingerprint density at radius 2 is 2.05 bits per heavy atom. The molecule has 7 heteroatoms. The highest BCUT2D eigenvalue weighted by atomic mass is 16.2. The van der Waals surface area contributed by atoms with Crippen LogP contribution in [0, 0.1) is 5.92 Å². The van der Waals surface area contributed by atoms with E-state index in [0.29, 0.717) is 6.04 Å². The summed E-state index contributed by atoms with van der Waals surface area (Å²) in [5.74, 6) is 1.14. The number of likely N-dealkylation sites (tertiary alicyclic amines) is 1. The zero-order valence-electron chi connectivity index (χ0n) is 13.3. The Morgan fingerprint density at radius 3 is 2.73 bits per heavy atom. The maximum Gasteiger partial charge on any atom is 0.225 e. The molecule has 22 heavy (non-hydrogen) atoms. The van der Waals surface area contributed by atoms with E-state index < -0.39 is 0 Å². The molecule has 1 aliphatic rings. The number of nitrogens with one attached hydrogen (secondary N) is 1. The van der Waals surface area contributed by atoms with Gasteiger partial charge in [0.1, 0.15) is 12.1 Å². The van der Waals surface area contributed by atoms with Crippen molar-refractivity contribution in [2.24, 2.45) is 13.0 Å². The fourth-order valence-corrected chi connectivity index (χ4v) is 2.88. The first-order chi connectivity index (χ1) is 10.6. The molecule has 1 amide bonds. The van der Waals surface area contributed by atoms with E-state index in [2.05, 4.69) is 20.4 Å². The lowest BCUT2D eigenvalue weighted by Gasteiger charge is -2.33. The number of aryl methyl sites for hydroxylation is 1. The van der Waals surface area contributed by atoms with Gasteiger partial charge in [-0.25, -0.2) is 9.97 Å². The number of rotatable bonds is 3. The highest BCUT2D eigenvalue weighted by molar-refractivity contribution is 5.86. The SMILES string of the molecule is CC(C)C(=O)N1CCC(Nc2ncnc3c2cnn3C)CC1. The second-order valence-electron chi connectivity index (χ2n) is 6.13. The Labute approximate surface area is 129 Å². The minimum Gasteiger partial charge on any atom is -0.366 e. The van der Waals surface area contributed by atoms with Gasteiger partial charge in [-0.2, -0.15) is 5.10 Å². The number of nitrogens with zero attached hydrogens (tertiary/aromatic N) is 5. The monoisotopic (exact) mass is 302 g/mol. The first-order valence-corrected chi connectivity index (χ1v) is 7.74. The molecule has 7 nitrogen and oxygen atoms in total. The van der Waals surface area contributed by atoms with Crippen LogP contribution < -0.4 is 5.32 Å². The summed E-state index contributed by atoms with van der Waals surface area (Å²) in [5.41, 5.74) is 0.824. The normalized spacial score (nSPS) is 16.5. The zero-order chi connectivity index (χ0) is 15.7. The first-order valence-electron chi connectivity index (χ1n) is 7.74. The Kier molecular flexibility index (Phi) is 3.96. The fourth-order valence-electron chi connectivity index (χ4n) is 2.88. The number of piperidine rings is 1. The minimum absolute atomic E-state index is 0.0707. The Hall–Kier alpha value is -2.18. The van der Waals surface area contributed by atoms with Gasteiger partial charge in [0.2, 0.25) is 5.91 Å². The van der Waals surface area contributed by atoms with Crippen LogP contribution in [0.4, 0.5) is 5.82 Å². The third-order valence-electron chi connectivity index (χ3n) is 4.17. The van der Waals surface area contributed by atoms with Crippen molar-refractivity contribution in [3.63, 3.8) is 0 Å². The number of hydrogen-bond donors (Lipinski definition) is 1. The molecule has 0 spiro atoms. The van der Waals surface area contributed by atoms with Gasteiger partial charge in [-0.1, -0.05) is 13.8 Å². The van der Waals surface area contributed by atoms with E-state index in [1.54, 1.807) is 17.2 Å².